The van der Waals surface area contributed by atoms with Crippen molar-refractivity contribution in [2.75, 3.05) is 26.4 Å². The van der Waals surface area contributed by atoms with Gasteiger partial charge < -0.3 is 89.9 Å². The number of carbonyl (C=O) groups excluding carboxylic acids is 1. The molecule has 3 rings (SSSR count). The van der Waals surface area contributed by atoms with Gasteiger partial charge >= 0.3 is 0 Å². The van der Waals surface area contributed by atoms with Crippen LogP contribution >= 0.6 is 0 Å². The summed E-state index contributed by atoms with van der Waals surface area (Å²) in [6, 6.07) is -0.886. The molecule has 0 spiro atoms. The topological polar surface area (TPSA) is 307 Å². The van der Waals surface area contributed by atoms with Crippen molar-refractivity contribution in [3.8, 4) is 0 Å². The molecule has 1 amide bonds. The van der Waals surface area contributed by atoms with E-state index in [0.29, 0.717) is 19.3 Å². The lowest BCUT2D eigenvalue weighted by Crippen LogP contribution is -2.66. The van der Waals surface area contributed by atoms with Gasteiger partial charge in [0.1, 0.15) is 73.2 Å². The van der Waals surface area contributed by atoms with Crippen LogP contribution in [0.3, 0.4) is 0 Å². The van der Waals surface area contributed by atoms with Gasteiger partial charge in [-0.3, -0.25) is 4.79 Å². The van der Waals surface area contributed by atoms with Crippen LogP contribution in [0, 0.1) is 0 Å². The molecule has 0 aromatic rings. The van der Waals surface area contributed by atoms with E-state index in [1.807, 2.05) is 6.92 Å². The Bertz CT molecular complexity index is 1260. The molecule has 3 aliphatic rings. The SMILES string of the molecule is CCCC/C=C\C/C=C\CCCCCCCC(=O)NC(COC1OC(CO)C(OC2OC(CO)C(OC3OC(CO)C(O)C(O)C3O)C(O)C2O)C(O)C1O)C(O)CCCCC. The van der Waals surface area contributed by atoms with Crippen molar-refractivity contribution in [2.45, 2.75) is 214 Å². The lowest BCUT2D eigenvalue weighted by Gasteiger charge is -2.48. The lowest BCUT2D eigenvalue weighted by molar-refractivity contribution is -0.379. The predicted molar refractivity (Wildman–Crippen MR) is 222 cm³/mol. The average molecular weight is 896 g/mol. The van der Waals surface area contributed by atoms with Crippen LogP contribution in [0.5, 0.6) is 0 Å². The van der Waals surface area contributed by atoms with Gasteiger partial charge in [-0.25, -0.2) is 0 Å². The minimum absolute atomic E-state index is 0.247. The van der Waals surface area contributed by atoms with Crippen molar-refractivity contribution in [3.05, 3.63) is 24.3 Å². The molecule has 0 aromatic heterocycles. The maximum atomic E-state index is 13.0. The van der Waals surface area contributed by atoms with Crippen LogP contribution in [0.15, 0.2) is 24.3 Å². The number of amides is 1. The van der Waals surface area contributed by atoms with Crippen molar-refractivity contribution in [1.82, 2.24) is 5.32 Å². The molecule has 3 fully saturated rings. The first-order valence-corrected chi connectivity index (χ1v) is 22.6. The summed E-state index contributed by atoms with van der Waals surface area (Å²) < 4.78 is 33.8. The number of ether oxygens (including phenoxy) is 6. The predicted octanol–water partition coefficient (Wildman–Crippen LogP) is -0.699. The highest BCUT2D eigenvalue weighted by molar-refractivity contribution is 5.76. The standard InChI is InChI=1S/C43H77NO18/c1-3-5-7-8-9-10-11-12-13-14-15-16-17-19-21-31(49)44-26(27(48)20-18-6-4-2)25-57-41-37(55)34(52)39(29(23-46)59-41)62-43-38(56)35(53)40(30(24-47)60-43)61-42-36(54)33(51)32(50)28(22-45)58-42/h8-9,11-12,26-30,32-43,45-48,50-56H,3-7,10,13-25H2,1-2H3,(H,44,49)/b9-8-,12-11-. The molecular weight excluding hydrogens is 818 g/mol. The first-order valence-electron chi connectivity index (χ1n) is 22.6. The number of unbranched alkanes of at least 4 members (excludes halogenated alkanes) is 9. The second-order valence-electron chi connectivity index (χ2n) is 16.5. The van der Waals surface area contributed by atoms with E-state index in [1.165, 1.54) is 12.8 Å². The third kappa shape index (κ3) is 16.9. The maximum Gasteiger partial charge on any atom is 0.220 e. The summed E-state index contributed by atoms with van der Waals surface area (Å²) in [5, 5.41) is 119. The zero-order chi connectivity index (χ0) is 45.6. The van der Waals surface area contributed by atoms with Crippen LogP contribution in [0.4, 0.5) is 0 Å². The van der Waals surface area contributed by atoms with Crippen molar-refractivity contribution < 1.29 is 89.4 Å². The highest BCUT2D eigenvalue weighted by Crippen LogP contribution is 2.33. The highest BCUT2D eigenvalue weighted by Gasteiger charge is 2.53. The third-order valence-corrected chi connectivity index (χ3v) is 11.5. The Hall–Kier alpha value is -1.73. The molecule has 19 nitrogen and oxygen atoms in total. The van der Waals surface area contributed by atoms with Crippen LogP contribution in [0.1, 0.15) is 110 Å². The van der Waals surface area contributed by atoms with E-state index in [1.54, 1.807) is 0 Å². The molecule has 0 aromatic carbocycles. The first kappa shape index (κ1) is 54.6. The van der Waals surface area contributed by atoms with Gasteiger partial charge in [-0.2, -0.15) is 0 Å². The largest absolute Gasteiger partial charge is 0.394 e. The van der Waals surface area contributed by atoms with E-state index in [2.05, 4.69) is 36.5 Å². The van der Waals surface area contributed by atoms with Crippen molar-refractivity contribution in [2.24, 2.45) is 0 Å². The van der Waals surface area contributed by atoms with Gasteiger partial charge in [-0.05, 0) is 38.5 Å². The summed E-state index contributed by atoms with van der Waals surface area (Å²) >= 11 is 0. The average Bonchev–Trinajstić information content (AvgIpc) is 3.26. The molecule has 0 radical (unpaired) electrons. The number of aliphatic hydroxyl groups excluding tert-OH is 11. The second-order valence-corrected chi connectivity index (χ2v) is 16.5. The van der Waals surface area contributed by atoms with Crippen LogP contribution in [0.2, 0.25) is 0 Å². The van der Waals surface area contributed by atoms with E-state index >= 15 is 0 Å². The van der Waals surface area contributed by atoms with Gasteiger partial charge in [0.25, 0.3) is 0 Å². The van der Waals surface area contributed by atoms with Gasteiger partial charge in [0.2, 0.25) is 5.91 Å². The summed E-state index contributed by atoms with van der Waals surface area (Å²) in [5.41, 5.74) is 0. The Balaban J connectivity index is 1.52. The van der Waals surface area contributed by atoms with E-state index in [9.17, 15) is 61.0 Å². The van der Waals surface area contributed by atoms with Crippen LogP contribution in [-0.4, -0.2) is 193 Å². The van der Waals surface area contributed by atoms with E-state index in [-0.39, 0.29) is 18.9 Å². The number of aliphatic hydroxyl groups is 11. The normalized spacial score (nSPS) is 35.4. The summed E-state index contributed by atoms with van der Waals surface area (Å²) in [7, 11) is 0. The number of hydrogen-bond acceptors (Lipinski definition) is 18. The summed E-state index contributed by atoms with van der Waals surface area (Å²) in [6.07, 6.45) is -4.37. The summed E-state index contributed by atoms with van der Waals surface area (Å²) in [6.45, 7) is 1.48. The van der Waals surface area contributed by atoms with Crippen molar-refractivity contribution in [1.29, 1.82) is 0 Å². The molecule has 19 heteroatoms. The first-order chi connectivity index (χ1) is 29.8. The molecule has 0 bridgehead atoms. The number of allylic oxidation sites excluding steroid dienone is 4. The second kappa shape index (κ2) is 29.7. The molecule has 3 aliphatic heterocycles. The van der Waals surface area contributed by atoms with Gasteiger partial charge in [-0.15, -0.1) is 0 Å². The lowest BCUT2D eigenvalue weighted by atomic mass is 9.96. The molecule has 0 saturated carbocycles. The number of rotatable bonds is 29. The smallest absolute Gasteiger partial charge is 0.220 e. The van der Waals surface area contributed by atoms with E-state index in [0.717, 1.165) is 57.8 Å². The fourth-order valence-corrected chi connectivity index (χ4v) is 7.62. The van der Waals surface area contributed by atoms with E-state index in [4.69, 9.17) is 28.4 Å². The quantitative estimate of drug-likeness (QED) is 0.0326. The Labute approximate surface area is 365 Å². The van der Waals surface area contributed by atoms with Crippen LogP contribution in [-0.2, 0) is 33.2 Å². The Morgan fingerprint density at radius 3 is 1.66 bits per heavy atom. The molecule has 0 aliphatic carbocycles. The highest BCUT2D eigenvalue weighted by atomic mass is 16.8. The molecule has 12 N–H and O–H groups in total. The summed E-state index contributed by atoms with van der Waals surface area (Å²) in [5.74, 6) is -0.273. The third-order valence-electron chi connectivity index (χ3n) is 11.5. The van der Waals surface area contributed by atoms with Gasteiger partial charge in [0, 0.05) is 6.42 Å². The minimum atomic E-state index is -1.97. The van der Waals surface area contributed by atoms with Gasteiger partial charge in [0.15, 0.2) is 18.9 Å². The number of carbonyl (C=O) groups is 1. The van der Waals surface area contributed by atoms with Crippen molar-refractivity contribution >= 4 is 5.91 Å². The summed E-state index contributed by atoms with van der Waals surface area (Å²) in [4.78, 5) is 13.0. The molecule has 62 heavy (non-hydrogen) atoms. The van der Waals surface area contributed by atoms with Crippen LogP contribution in [0.25, 0.3) is 0 Å². The fourth-order valence-electron chi connectivity index (χ4n) is 7.62. The molecular formula is C43H77NO18. The van der Waals surface area contributed by atoms with Gasteiger partial charge in [-0.1, -0.05) is 89.5 Å². The number of hydrogen-bond donors (Lipinski definition) is 12. The Kier molecular flexibility index (Phi) is 26.2. The zero-order valence-corrected chi connectivity index (χ0v) is 36.3. The fraction of sp³-hybridized carbons (Fsp3) is 0.884. The molecule has 17 unspecified atom stereocenters. The maximum absolute atomic E-state index is 13.0. The monoisotopic (exact) mass is 896 g/mol. The minimum Gasteiger partial charge on any atom is -0.394 e. The Morgan fingerprint density at radius 1 is 0.581 bits per heavy atom. The van der Waals surface area contributed by atoms with Gasteiger partial charge in [0.05, 0.1) is 38.6 Å². The molecule has 362 valence electrons. The van der Waals surface area contributed by atoms with Crippen LogP contribution < -0.4 is 5.32 Å². The van der Waals surface area contributed by atoms with Crippen molar-refractivity contribution in [3.63, 3.8) is 0 Å². The number of nitrogens with one attached hydrogen (secondary N) is 1. The molecule has 3 heterocycles. The molecule has 3 saturated heterocycles. The van der Waals surface area contributed by atoms with E-state index < -0.39 is 124 Å². The Morgan fingerprint density at radius 2 is 1.08 bits per heavy atom. The zero-order valence-electron chi connectivity index (χ0n) is 36.3. The molecule has 17 atom stereocenters.